The molecule has 5 rings (SSSR count). The van der Waals surface area contributed by atoms with Crippen molar-refractivity contribution < 1.29 is 15.0 Å². The number of fused-ring (bicyclic) bond motifs is 7. The van der Waals surface area contributed by atoms with Gasteiger partial charge in [0.05, 0.1) is 12.0 Å². The van der Waals surface area contributed by atoms with Gasteiger partial charge < -0.3 is 10.2 Å². The topological polar surface area (TPSA) is 57.5 Å². The number of carboxylic acids is 1. The van der Waals surface area contributed by atoms with E-state index in [2.05, 4.69) is 47.8 Å². The molecular weight excluding hydrogens is 420 g/mol. The first kappa shape index (κ1) is 24.6. The van der Waals surface area contributed by atoms with Gasteiger partial charge in [0.15, 0.2) is 0 Å². The van der Waals surface area contributed by atoms with Crippen LogP contribution in [0.25, 0.3) is 0 Å². The minimum Gasteiger partial charge on any atom is -0.481 e. The molecule has 0 spiro atoms. The first-order valence-electron chi connectivity index (χ1n) is 14.0. The fraction of sp³-hybridized carbons (Fsp3) is 0.839. The van der Waals surface area contributed by atoms with Gasteiger partial charge in [-0.3, -0.25) is 4.79 Å². The van der Waals surface area contributed by atoms with Crippen molar-refractivity contribution in [2.75, 3.05) is 6.61 Å². The molecule has 5 aliphatic rings. The van der Waals surface area contributed by atoms with Crippen molar-refractivity contribution in [3.05, 3.63) is 24.3 Å². The first-order valence-corrected chi connectivity index (χ1v) is 14.0. The predicted octanol–water partition coefficient (Wildman–Crippen LogP) is 7.26. The van der Waals surface area contributed by atoms with Crippen molar-refractivity contribution in [3.63, 3.8) is 0 Å². The SMILES string of the molecule is C=C(C)C1CCC2(C(=O)O)CCC3(C)C(CCC4C5(C)CCC(=C)C(C)(CO)C5CCC43C)C12. The number of hydrogen-bond donors (Lipinski definition) is 2. The number of aliphatic hydroxyl groups excluding tert-OH is 1. The number of allylic oxidation sites excluding steroid dienone is 1. The van der Waals surface area contributed by atoms with Gasteiger partial charge in [-0.25, -0.2) is 0 Å². The Labute approximate surface area is 207 Å². The highest BCUT2D eigenvalue weighted by Crippen LogP contribution is 2.77. The summed E-state index contributed by atoms with van der Waals surface area (Å²) < 4.78 is 0. The van der Waals surface area contributed by atoms with Crippen LogP contribution in [0.1, 0.15) is 98.8 Å². The molecule has 0 aromatic heterocycles. The molecule has 0 amide bonds. The normalized spacial score (nSPS) is 54.4. The van der Waals surface area contributed by atoms with Crippen LogP contribution in [0, 0.1) is 56.7 Å². The van der Waals surface area contributed by atoms with E-state index in [0.29, 0.717) is 23.7 Å². The van der Waals surface area contributed by atoms with Crippen LogP contribution in [0.3, 0.4) is 0 Å². The monoisotopic (exact) mass is 468 g/mol. The molecule has 3 nitrogen and oxygen atoms in total. The zero-order valence-electron chi connectivity index (χ0n) is 22.4. The van der Waals surface area contributed by atoms with Gasteiger partial charge in [0.2, 0.25) is 0 Å². The largest absolute Gasteiger partial charge is 0.481 e. The molecule has 10 unspecified atom stereocenters. The Morgan fingerprint density at radius 1 is 0.941 bits per heavy atom. The van der Waals surface area contributed by atoms with E-state index in [0.717, 1.165) is 44.9 Å². The summed E-state index contributed by atoms with van der Waals surface area (Å²) in [6.45, 7) is 21.1. The highest BCUT2D eigenvalue weighted by atomic mass is 16.4. The molecule has 5 saturated carbocycles. The van der Waals surface area contributed by atoms with Crippen LogP contribution in [-0.2, 0) is 4.79 Å². The fourth-order valence-corrected chi connectivity index (χ4v) is 11.4. The molecule has 190 valence electrons. The van der Waals surface area contributed by atoms with E-state index in [9.17, 15) is 15.0 Å². The van der Waals surface area contributed by atoms with Crippen LogP contribution in [0.15, 0.2) is 24.3 Å². The molecule has 34 heavy (non-hydrogen) atoms. The highest BCUT2D eigenvalue weighted by molar-refractivity contribution is 5.76. The third kappa shape index (κ3) is 2.72. The third-order valence-electron chi connectivity index (χ3n) is 13.6. The summed E-state index contributed by atoms with van der Waals surface area (Å²) in [5, 5.41) is 21.0. The maximum atomic E-state index is 12.8. The van der Waals surface area contributed by atoms with Gasteiger partial charge in [-0.15, -0.1) is 0 Å². The van der Waals surface area contributed by atoms with Crippen LogP contribution in [0.5, 0.6) is 0 Å². The molecule has 0 radical (unpaired) electrons. The molecule has 0 saturated heterocycles. The Morgan fingerprint density at radius 2 is 1.65 bits per heavy atom. The second-order valence-corrected chi connectivity index (χ2v) is 14.3. The van der Waals surface area contributed by atoms with Gasteiger partial charge in [0.1, 0.15) is 0 Å². The van der Waals surface area contributed by atoms with E-state index >= 15 is 0 Å². The molecule has 10 atom stereocenters. The summed E-state index contributed by atoms with van der Waals surface area (Å²) in [7, 11) is 0. The molecule has 3 heteroatoms. The maximum Gasteiger partial charge on any atom is 0.309 e. The number of aliphatic carboxylic acids is 1. The van der Waals surface area contributed by atoms with Crippen molar-refractivity contribution in [2.24, 2.45) is 56.7 Å². The lowest BCUT2D eigenvalue weighted by Gasteiger charge is -2.72. The lowest BCUT2D eigenvalue weighted by molar-refractivity contribution is -0.235. The summed E-state index contributed by atoms with van der Waals surface area (Å²) in [4.78, 5) is 12.8. The summed E-state index contributed by atoms with van der Waals surface area (Å²) >= 11 is 0. The number of hydrogen-bond acceptors (Lipinski definition) is 2. The summed E-state index contributed by atoms with van der Waals surface area (Å²) in [5.41, 5.74) is 2.32. The van der Waals surface area contributed by atoms with Crippen LogP contribution in [0.4, 0.5) is 0 Å². The van der Waals surface area contributed by atoms with Crippen molar-refractivity contribution in [1.82, 2.24) is 0 Å². The minimum atomic E-state index is -0.546. The van der Waals surface area contributed by atoms with Crippen LogP contribution < -0.4 is 0 Å². The third-order valence-corrected chi connectivity index (χ3v) is 13.6. The molecule has 0 aliphatic heterocycles. The predicted molar refractivity (Wildman–Crippen MR) is 137 cm³/mol. The molecular formula is C31H48O3. The molecule has 0 heterocycles. The zero-order valence-corrected chi connectivity index (χ0v) is 22.4. The average Bonchev–Trinajstić information content (AvgIpc) is 3.18. The maximum absolute atomic E-state index is 12.8. The lowest BCUT2D eigenvalue weighted by atomic mass is 9.32. The average molecular weight is 469 g/mol. The van der Waals surface area contributed by atoms with E-state index in [4.69, 9.17) is 0 Å². The van der Waals surface area contributed by atoms with Crippen molar-refractivity contribution >= 4 is 5.97 Å². The Hall–Kier alpha value is -1.09. The standard InChI is InChI=1S/C31H48O3/c1-19(2)21-11-15-31(26(33)34)17-16-29(6)22(25(21)31)8-9-24-27(4)13-10-20(3)28(5,18-32)23(27)12-14-30(24,29)7/h21-25,32H,1,3,8-18H2,2,4-7H3,(H,33,34). The summed E-state index contributed by atoms with van der Waals surface area (Å²) in [6.07, 6.45) is 10.6. The molecule has 0 aromatic carbocycles. The fourth-order valence-electron chi connectivity index (χ4n) is 11.4. The smallest absolute Gasteiger partial charge is 0.309 e. The number of carbonyl (C=O) groups is 1. The van der Waals surface area contributed by atoms with Gasteiger partial charge >= 0.3 is 5.97 Å². The van der Waals surface area contributed by atoms with E-state index in [1.54, 1.807) is 0 Å². The van der Waals surface area contributed by atoms with E-state index in [1.165, 1.54) is 30.4 Å². The molecule has 5 aliphatic carbocycles. The van der Waals surface area contributed by atoms with E-state index in [1.807, 2.05) is 0 Å². The number of rotatable bonds is 3. The Balaban J connectivity index is 1.57. The Kier molecular flexibility index (Phi) is 5.40. The zero-order chi connectivity index (χ0) is 24.9. The molecule has 0 aromatic rings. The molecule has 2 N–H and O–H groups in total. The van der Waals surface area contributed by atoms with Gasteiger partial charge in [0, 0.05) is 5.41 Å². The second-order valence-electron chi connectivity index (χ2n) is 14.3. The van der Waals surface area contributed by atoms with Crippen molar-refractivity contribution in [3.8, 4) is 0 Å². The van der Waals surface area contributed by atoms with Crippen LogP contribution >= 0.6 is 0 Å². The number of carboxylic acid groups (broad SMARTS) is 1. The Bertz CT molecular complexity index is 922. The van der Waals surface area contributed by atoms with Gasteiger partial charge in [-0.2, -0.15) is 0 Å². The van der Waals surface area contributed by atoms with Gasteiger partial charge in [0.25, 0.3) is 0 Å². The summed E-state index contributed by atoms with van der Waals surface area (Å²) in [5.74, 6) is 1.62. The first-order chi connectivity index (χ1) is 15.8. The minimum absolute atomic E-state index is 0.162. The van der Waals surface area contributed by atoms with Crippen molar-refractivity contribution in [1.29, 1.82) is 0 Å². The number of aliphatic hydroxyl groups is 1. The van der Waals surface area contributed by atoms with Crippen LogP contribution in [0.2, 0.25) is 0 Å². The van der Waals surface area contributed by atoms with E-state index in [-0.39, 0.29) is 34.2 Å². The molecule has 5 fully saturated rings. The van der Waals surface area contributed by atoms with Gasteiger partial charge in [-0.1, -0.05) is 52.0 Å². The summed E-state index contributed by atoms with van der Waals surface area (Å²) in [6, 6.07) is 0. The lowest BCUT2D eigenvalue weighted by Crippen LogP contribution is -2.66. The van der Waals surface area contributed by atoms with Crippen molar-refractivity contribution in [2.45, 2.75) is 98.8 Å². The van der Waals surface area contributed by atoms with Crippen LogP contribution in [-0.4, -0.2) is 22.8 Å². The Morgan fingerprint density at radius 3 is 2.26 bits per heavy atom. The van der Waals surface area contributed by atoms with Gasteiger partial charge in [-0.05, 0) is 117 Å². The van der Waals surface area contributed by atoms with E-state index < -0.39 is 11.4 Å². The molecule has 0 bridgehead atoms. The quantitative estimate of drug-likeness (QED) is 0.429. The second kappa shape index (κ2) is 7.46. The highest BCUT2D eigenvalue weighted by Gasteiger charge is 2.71.